The topological polar surface area (TPSA) is 67.4 Å². The zero-order chi connectivity index (χ0) is 18.9. The lowest BCUT2D eigenvalue weighted by Crippen LogP contribution is -2.17. The number of benzene rings is 2. The minimum absolute atomic E-state index is 0.194. The van der Waals surface area contributed by atoms with Gasteiger partial charge < -0.3 is 10.1 Å². The van der Waals surface area contributed by atoms with Crippen molar-refractivity contribution in [1.29, 1.82) is 0 Å². The average molecular weight is 376 g/mol. The number of carbonyl (C=O) groups excluding carboxylic acids is 2. The molecule has 0 aliphatic carbocycles. The van der Waals surface area contributed by atoms with E-state index >= 15 is 0 Å². The van der Waals surface area contributed by atoms with Crippen LogP contribution in [0.1, 0.15) is 13.8 Å². The van der Waals surface area contributed by atoms with Gasteiger partial charge in [0.05, 0.1) is 12.4 Å². The number of anilines is 2. The fourth-order valence-corrected chi connectivity index (χ4v) is 2.65. The van der Waals surface area contributed by atoms with Gasteiger partial charge in [0.25, 0.3) is 0 Å². The zero-order valence-electron chi connectivity index (χ0n) is 14.6. The molecule has 7 heteroatoms. The van der Waals surface area contributed by atoms with E-state index in [0.717, 1.165) is 4.90 Å². The van der Waals surface area contributed by atoms with Gasteiger partial charge in [-0.25, -0.2) is 9.18 Å². The second-order valence-electron chi connectivity index (χ2n) is 5.99. The van der Waals surface area contributed by atoms with Crippen molar-refractivity contribution in [3.63, 3.8) is 0 Å². The highest BCUT2D eigenvalue weighted by Gasteiger charge is 2.07. The van der Waals surface area contributed by atoms with E-state index in [1.165, 1.54) is 23.9 Å². The molecule has 138 valence electrons. The van der Waals surface area contributed by atoms with Gasteiger partial charge in [0.1, 0.15) is 5.82 Å². The number of hydrogen-bond donors (Lipinski definition) is 2. The third-order valence-corrected chi connectivity index (χ3v) is 4.14. The van der Waals surface area contributed by atoms with Crippen molar-refractivity contribution in [2.45, 2.75) is 18.7 Å². The van der Waals surface area contributed by atoms with E-state index in [9.17, 15) is 14.0 Å². The molecule has 2 aromatic carbocycles. The quantitative estimate of drug-likeness (QED) is 0.684. The van der Waals surface area contributed by atoms with Gasteiger partial charge in [0.15, 0.2) is 0 Å². The van der Waals surface area contributed by atoms with E-state index < -0.39 is 6.09 Å². The molecule has 0 unspecified atom stereocenters. The van der Waals surface area contributed by atoms with Crippen molar-refractivity contribution in [3.8, 4) is 0 Å². The molecule has 2 N–H and O–H groups in total. The first-order valence-corrected chi connectivity index (χ1v) is 9.13. The van der Waals surface area contributed by atoms with Crippen LogP contribution in [-0.2, 0) is 9.53 Å². The Balaban J connectivity index is 1.84. The first-order chi connectivity index (χ1) is 12.4. The lowest BCUT2D eigenvalue weighted by Gasteiger charge is -2.10. The third-order valence-electron chi connectivity index (χ3n) is 3.12. The molecule has 0 atom stereocenters. The lowest BCUT2D eigenvalue weighted by molar-refractivity contribution is -0.113. The summed E-state index contributed by atoms with van der Waals surface area (Å²) < 4.78 is 17.9. The molecule has 0 saturated carbocycles. The largest absolute Gasteiger partial charge is 0.449 e. The molecule has 0 aliphatic heterocycles. The molecule has 0 fully saturated rings. The van der Waals surface area contributed by atoms with Crippen molar-refractivity contribution in [2.75, 3.05) is 23.0 Å². The maximum Gasteiger partial charge on any atom is 0.411 e. The maximum absolute atomic E-state index is 12.9. The summed E-state index contributed by atoms with van der Waals surface area (Å²) in [6.07, 6.45) is -0.533. The molecule has 0 spiro atoms. The van der Waals surface area contributed by atoms with E-state index in [4.69, 9.17) is 4.74 Å². The number of nitrogens with one attached hydrogen (secondary N) is 2. The summed E-state index contributed by atoms with van der Waals surface area (Å²) in [7, 11) is 0. The number of rotatable bonds is 7. The second-order valence-corrected chi connectivity index (χ2v) is 7.04. The molecule has 5 nitrogen and oxygen atoms in total. The summed E-state index contributed by atoms with van der Waals surface area (Å²) in [5.41, 5.74) is 1.10. The molecule has 2 aromatic rings. The third kappa shape index (κ3) is 7.14. The van der Waals surface area contributed by atoms with Gasteiger partial charge >= 0.3 is 6.09 Å². The van der Waals surface area contributed by atoms with Crippen LogP contribution in [0.25, 0.3) is 0 Å². The van der Waals surface area contributed by atoms with E-state index in [-0.39, 0.29) is 23.4 Å². The molecule has 0 heterocycles. The molecular formula is C19H21FN2O3S. The van der Waals surface area contributed by atoms with Crippen molar-refractivity contribution >= 4 is 35.1 Å². The fourth-order valence-electron chi connectivity index (χ4n) is 1.95. The normalized spacial score (nSPS) is 10.5. The minimum atomic E-state index is -0.533. The van der Waals surface area contributed by atoms with Crippen LogP contribution in [0.15, 0.2) is 53.4 Å². The number of halogens is 1. The van der Waals surface area contributed by atoms with E-state index in [1.54, 1.807) is 36.4 Å². The van der Waals surface area contributed by atoms with E-state index in [2.05, 4.69) is 10.6 Å². The molecule has 2 amide bonds. The summed E-state index contributed by atoms with van der Waals surface area (Å²) in [6, 6.07) is 12.8. The minimum Gasteiger partial charge on any atom is -0.449 e. The molecule has 0 saturated heterocycles. The molecule has 0 radical (unpaired) electrons. The van der Waals surface area contributed by atoms with Crippen LogP contribution in [0.5, 0.6) is 0 Å². The molecule has 2 rings (SSSR count). The average Bonchev–Trinajstić information content (AvgIpc) is 2.60. The lowest BCUT2D eigenvalue weighted by atomic mass is 10.2. The molecule has 26 heavy (non-hydrogen) atoms. The summed E-state index contributed by atoms with van der Waals surface area (Å²) in [4.78, 5) is 24.5. The Bertz CT molecular complexity index is 751. The van der Waals surface area contributed by atoms with Gasteiger partial charge in [-0.2, -0.15) is 0 Å². The Labute approximate surface area is 156 Å². The smallest absolute Gasteiger partial charge is 0.411 e. The molecule has 0 aromatic heterocycles. The van der Waals surface area contributed by atoms with Gasteiger partial charge in [-0.1, -0.05) is 19.9 Å². The highest BCUT2D eigenvalue weighted by atomic mass is 32.2. The maximum atomic E-state index is 12.9. The number of ether oxygens (including phenoxy) is 1. The Morgan fingerprint density at radius 3 is 2.38 bits per heavy atom. The second kappa shape index (κ2) is 9.82. The summed E-state index contributed by atoms with van der Waals surface area (Å²) in [6.45, 7) is 4.24. The monoisotopic (exact) mass is 376 g/mol. The van der Waals surface area contributed by atoms with Gasteiger partial charge in [-0.05, 0) is 48.4 Å². The van der Waals surface area contributed by atoms with Crippen LogP contribution >= 0.6 is 11.8 Å². The van der Waals surface area contributed by atoms with Gasteiger partial charge in [0.2, 0.25) is 5.91 Å². The van der Waals surface area contributed by atoms with Crippen LogP contribution in [0.4, 0.5) is 20.6 Å². The summed E-state index contributed by atoms with van der Waals surface area (Å²) in [5, 5.41) is 5.38. The van der Waals surface area contributed by atoms with E-state index in [0.29, 0.717) is 18.0 Å². The Kier molecular flexibility index (Phi) is 7.47. The van der Waals surface area contributed by atoms with Crippen molar-refractivity contribution < 1.29 is 18.7 Å². The van der Waals surface area contributed by atoms with E-state index in [1.807, 2.05) is 13.8 Å². The highest BCUT2D eigenvalue weighted by Crippen LogP contribution is 2.19. The Morgan fingerprint density at radius 2 is 1.73 bits per heavy atom. The fraction of sp³-hybridized carbons (Fsp3) is 0.263. The molecular weight excluding hydrogens is 355 g/mol. The zero-order valence-corrected chi connectivity index (χ0v) is 15.4. The van der Waals surface area contributed by atoms with Crippen LogP contribution < -0.4 is 10.6 Å². The first kappa shape index (κ1) is 19.8. The molecule has 0 bridgehead atoms. The summed E-state index contributed by atoms with van der Waals surface area (Å²) in [5.74, 6) is -0.0569. The number of carbonyl (C=O) groups is 2. The highest BCUT2D eigenvalue weighted by molar-refractivity contribution is 8.00. The number of amides is 2. The predicted octanol–water partition coefficient (Wildman–Crippen LogP) is 4.76. The van der Waals surface area contributed by atoms with Crippen LogP contribution in [0.2, 0.25) is 0 Å². The van der Waals surface area contributed by atoms with Crippen molar-refractivity contribution in [3.05, 3.63) is 54.3 Å². The van der Waals surface area contributed by atoms with Crippen molar-refractivity contribution in [2.24, 2.45) is 5.92 Å². The molecule has 0 aliphatic rings. The SMILES string of the molecule is CC(C)COC(=O)Nc1cccc(NC(=O)CSc2ccc(F)cc2)c1. The van der Waals surface area contributed by atoms with Crippen LogP contribution in [-0.4, -0.2) is 24.4 Å². The predicted molar refractivity (Wildman–Crippen MR) is 102 cm³/mol. The van der Waals surface area contributed by atoms with Gasteiger partial charge in [-0.3, -0.25) is 10.1 Å². The van der Waals surface area contributed by atoms with Gasteiger partial charge in [0, 0.05) is 16.3 Å². The van der Waals surface area contributed by atoms with Crippen molar-refractivity contribution in [1.82, 2.24) is 0 Å². The van der Waals surface area contributed by atoms with Gasteiger partial charge in [-0.15, -0.1) is 11.8 Å². The van der Waals surface area contributed by atoms with Crippen LogP contribution in [0, 0.1) is 11.7 Å². The number of hydrogen-bond acceptors (Lipinski definition) is 4. The standard InChI is InChI=1S/C19H21FN2O3S/c1-13(2)11-25-19(24)22-16-5-3-4-15(10-16)21-18(23)12-26-17-8-6-14(20)7-9-17/h3-10,13H,11-12H2,1-2H3,(H,21,23)(H,22,24). The number of thioether (sulfide) groups is 1. The Hall–Kier alpha value is -2.54. The Morgan fingerprint density at radius 1 is 1.08 bits per heavy atom. The van der Waals surface area contributed by atoms with Crippen LogP contribution in [0.3, 0.4) is 0 Å². The summed E-state index contributed by atoms with van der Waals surface area (Å²) >= 11 is 1.31. The first-order valence-electron chi connectivity index (χ1n) is 8.14.